The van der Waals surface area contributed by atoms with E-state index in [9.17, 15) is 19.8 Å². The first-order valence-corrected chi connectivity index (χ1v) is 11.0. The molecule has 2 atom stereocenters. The summed E-state index contributed by atoms with van der Waals surface area (Å²) >= 11 is 0. The molecule has 1 aromatic carbocycles. The van der Waals surface area contributed by atoms with Crippen molar-refractivity contribution >= 4 is 11.8 Å². The van der Waals surface area contributed by atoms with E-state index in [4.69, 9.17) is 4.74 Å². The van der Waals surface area contributed by atoms with Crippen molar-refractivity contribution in [2.24, 2.45) is 5.92 Å². The Labute approximate surface area is 177 Å². The monoisotopic (exact) mass is 416 g/mol. The van der Waals surface area contributed by atoms with Crippen LogP contribution in [0.5, 0.6) is 0 Å². The van der Waals surface area contributed by atoms with E-state index in [2.05, 4.69) is 0 Å². The Balaban J connectivity index is 1.29. The fourth-order valence-electron chi connectivity index (χ4n) is 4.99. The fourth-order valence-corrected chi connectivity index (χ4v) is 4.99. The quantitative estimate of drug-likeness (QED) is 0.760. The van der Waals surface area contributed by atoms with Crippen LogP contribution in [0.1, 0.15) is 48.0 Å². The standard InChI is InChI=1S/C23H32N2O5/c1-16-2-4-17(5-3-16)21(28)24-11-6-18(7-12-24)22(29)25-13-9-23(10-14-25)20(27)19(26)8-15-30-23/h2-5,18-20,26-27H,6-15H2,1H3/t19-,20-/m0/s1. The Morgan fingerprint density at radius 1 is 0.967 bits per heavy atom. The summed E-state index contributed by atoms with van der Waals surface area (Å²) in [6.07, 6.45) is 1.25. The predicted molar refractivity (Wildman–Crippen MR) is 111 cm³/mol. The predicted octanol–water partition coefficient (Wildman–Crippen LogP) is 1.35. The van der Waals surface area contributed by atoms with Crippen LogP contribution in [0.25, 0.3) is 0 Å². The van der Waals surface area contributed by atoms with Crippen LogP contribution in [0.2, 0.25) is 0 Å². The minimum Gasteiger partial charge on any atom is -0.390 e. The van der Waals surface area contributed by atoms with E-state index >= 15 is 0 Å². The van der Waals surface area contributed by atoms with Crippen molar-refractivity contribution in [3.63, 3.8) is 0 Å². The second kappa shape index (κ2) is 8.65. The Kier molecular flexibility index (Phi) is 6.14. The number of carbonyl (C=O) groups excluding carboxylic acids is 2. The molecule has 1 aromatic rings. The number of rotatable bonds is 2. The highest BCUT2D eigenvalue weighted by Crippen LogP contribution is 2.36. The maximum absolute atomic E-state index is 13.0. The molecule has 2 amide bonds. The Hall–Kier alpha value is -1.96. The van der Waals surface area contributed by atoms with E-state index in [-0.39, 0.29) is 17.7 Å². The number of likely N-dealkylation sites (tertiary alicyclic amines) is 2. The van der Waals surface area contributed by atoms with Crippen LogP contribution in [0, 0.1) is 12.8 Å². The summed E-state index contributed by atoms with van der Waals surface area (Å²) < 4.78 is 5.86. The molecule has 3 aliphatic rings. The maximum atomic E-state index is 13.0. The van der Waals surface area contributed by atoms with Crippen LogP contribution >= 0.6 is 0 Å². The van der Waals surface area contributed by atoms with Gasteiger partial charge in [0.1, 0.15) is 6.10 Å². The molecule has 0 saturated carbocycles. The van der Waals surface area contributed by atoms with Gasteiger partial charge in [-0.3, -0.25) is 9.59 Å². The van der Waals surface area contributed by atoms with Gasteiger partial charge in [-0.1, -0.05) is 17.7 Å². The van der Waals surface area contributed by atoms with Crippen LogP contribution in [-0.2, 0) is 9.53 Å². The lowest BCUT2D eigenvalue weighted by Gasteiger charge is -2.48. The average Bonchev–Trinajstić information content (AvgIpc) is 2.78. The molecule has 0 aromatic heterocycles. The SMILES string of the molecule is Cc1ccc(C(=O)N2CCC(C(=O)N3CCC4(CC3)OCC[C@H](O)[C@@H]4O)CC2)cc1. The number of aryl methyl sites for hydroxylation is 1. The van der Waals surface area contributed by atoms with Gasteiger partial charge < -0.3 is 24.7 Å². The zero-order valence-electron chi connectivity index (χ0n) is 17.6. The summed E-state index contributed by atoms with van der Waals surface area (Å²) in [6, 6.07) is 7.60. The summed E-state index contributed by atoms with van der Waals surface area (Å²) in [5.41, 5.74) is 1.10. The minimum absolute atomic E-state index is 0.0304. The van der Waals surface area contributed by atoms with Crippen molar-refractivity contribution < 1.29 is 24.5 Å². The second-order valence-electron chi connectivity index (χ2n) is 8.97. The first kappa shape index (κ1) is 21.3. The molecule has 3 fully saturated rings. The molecule has 7 heteroatoms. The number of aliphatic hydroxyl groups is 2. The molecular weight excluding hydrogens is 384 g/mol. The molecule has 4 rings (SSSR count). The number of carbonyl (C=O) groups is 2. The minimum atomic E-state index is -0.889. The number of aliphatic hydroxyl groups excluding tert-OH is 2. The first-order chi connectivity index (χ1) is 14.4. The molecule has 2 N–H and O–H groups in total. The van der Waals surface area contributed by atoms with Crippen LogP contribution in [0.4, 0.5) is 0 Å². The number of nitrogens with zero attached hydrogens (tertiary/aromatic N) is 2. The number of ether oxygens (including phenoxy) is 1. The van der Waals surface area contributed by atoms with E-state index in [0.717, 1.165) is 5.56 Å². The number of amides is 2. The summed E-state index contributed by atoms with van der Waals surface area (Å²) in [4.78, 5) is 29.4. The summed E-state index contributed by atoms with van der Waals surface area (Å²) in [6.45, 7) is 4.69. The normalized spacial score (nSPS) is 27.3. The van der Waals surface area contributed by atoms with Gasteiger partial charge in [-0.2, -0.15) is 0 Å². The topological polar surface area (TPSA) is 90.3 Å². The van der Waals surface area contributed by atoms with Gasteiger partial charge in [0.15, 0.2) is 0 Å². The molecule has 0 bridgehead atoms. The van der Waals surface area contributed by atoms with Crippen molar-refractivity contribution in [2.45, 2.75) is 56.8 Å². The molecule has 3 saturated heterocycles. The van der Waals surface area contributed by atoms with Crippen LogP contribution < -0.4 is 0 Å². The lowest BCUT2D eigenvalue weighted by molar-refractivity contribution is -0.214. The van der Waals surface area contributed by atoms with Gasteiger partial charge in [-0.15, -0.1) is 0 Å². The van der Waals surface area contributed by atoms with Crippen molar-refractivity contribution in [1.82, 2.24) is 9.80 Å². The van der Waals surface area contributed by atoms with Crippen molar-refractivity contribution in [3.05, 3.63) is 35.4 Å². The van der Waals surface area contributed by atoms with Gasteiger partial charge >= 0.3 is 0 Å². The molecule has 164 valence electrons. The lowest BCUT2D eigenvalue weighted by Crippen LogP contribution is -2.60. The van der Waals surface area contributed by atoms with Gasteiger partial charge in [0.2, 0.25) is 5.91 Å². The van der Waals surface area contributed by atoms with Gasteiger partial charge in [-0.25, -0.2) is 0 Å². The number of benzene rings is 1. The Morgan fingerprint density at radius 2 is 1.60 bits per heavy atom. The first-order valence-electron chi connectivity index (χ1n) is 11.0. The molecule has 7 nitrogen and oxygen atoms in total. The largest absolute Gasteiger partial charge is 0.390 e. The average molecular weight is 417 g/mol. The molecule has 0 aliphatic carbocycles. The van der Waals surface area contributed by atoms with Crippen LogP contribution in [0.15, 0.2) is 24.3 Å². The van der Waals surface area contributed by atoms with Gasteiger partial charge in [0.05, 0.1) is 18.3 Å². The third-order valence-electron chi connectivity index (χ3n) is 7.06. The Morgan fingerprint density at radius 3 is 2.23 bits per heavy atom. The molecule has 3 aliphatic heterocycles. The second-order valence-corrected chi connectivity index (χ2v) is 8.97. The molecule has 30 heavy (non-hydrogen) atoms. The smallest absolute Gasteiger partial charge is 0.253 e. The third kappa shape index (κ3) is 4.11. The number of hydrogen-bond donors (Lipinski definition) is 2. The van der Waals surface area contributed by atoms with E-state index < -0.39 is 17.8 Å². The summed E-state index contributed by atoms with van der Waals surface area (Å²) in [7, 11) is 0. The van der Waals surface area contributed by atoms with Crippen LogP contribution in [-0.4, -0.2) is 82.4 Å². The zero-order valence-corrected chi connectivity index (χ0v) is 17.6. The van der Waals surface area contributed by atoms with E-state index in [1.165, 1.54) is 0 Å². The van der Waals surface area contributed by atoms with E-state index in [1.807, 2.05) is 41.0 Å². The van der Waals surface area contributed by atoms with Crippen molar-refractivity contribution in [1.29, 1.82) is 0 Å². The maximum Gasteiger partial charge on any atom is 0.253 e. The highest BCUT2D eigenvalue weighted by atomic mass is 16.5. The lowest BCUT2D eigenvalue weighted by atomic mass is 9.80. The number of hydrogen-bond acceptors (Lipinski definition) is 5. The number of piperidine rings is 2. The molecule has 3 heterocycles. The molecule has 0 radical (unpaired) electrons. The molecule has 1 spiro atoms. The molecule has 0 unspecified atom stereocenters. The fraction of sp³-hybridized carbons (Fsp3) is 0.652. The van der Waals surface area contributed by atoms with Crippen molar-refractivity contribution in [2.75, 3.05) is 32.8 Å². The summed E-state index contributed by atoms with van der Waals surface area (Å²) in [5.74, 6) is 0.102. The van der Waals surface area contributed by atoms with E-state index in [0.29, 0.717) is 70.5 Å². The Bertz CT molecular complexity index is 764. The zero-order chi connectivity index (χ0) is 21.3. The highest BCUT2D eigenvalue weighted by Gasteiger charge is 2.48. The summed E-state index contributed by atoms with van der Waals surface area (Å²) in [5, 5.41) is 20.4. The highest BCUT2D eigenvalue weighted by molar-refractivity contribution is 5.94. The van der Waals surface area contributed by atoms with Crippen LogP contribution in [0.3, 0.4) is 0 Å². The van der Waals surface area contributed by atoms with Gasteiger partial charge in [0, 0.05) is 37.7 Å². The third-order valence-corrected chi connectivity index (χ3v) is 7.06. The van der Waals surface area contributed by atoms with Crippen molar-refractivity contribution in [3.8, 4) is 0 Å². The molecular formula is C23H32N2O5. The van der Waals surface area contributed by atoms with Gasteiger partial charge in [-0.05, 0) is 51.2 Å². The van der Waals surface area contributed by atoms with E-state index in [1.54, 1.807) is 0 Å². The van der Waals surface area contributed by atoms with Gasteiger partial charge in [0.25, 0.3) is 5.91 Å².